The maximum absolute atomic E-state index is 12.9. The molecule has 1 atom stereocenters. The number of esters is 1. The zero-order valence-electron chi connectivity index (χ0n) is 19.4. The average molecular weight is 543 g/mol. The number of carbonyl (C=O) groups is 1. The van der Waals surface area contributed by atoms with Gasteiger partial charge in [-0.1, -0.05) is 71.4 Å². The standard InChI is InChI=1S/C25H27BrN4O3S/c1-4-5-13-34-25-28-24-27-16(2)21(23(31)32-3)22(30(24)29-25)19-14-18(26)11-12-20(19)33-15-17-9-7-6-8-10-17/h6-12,14,22H,4-5,13,15H2,1-3H3,(H,27,28,29). The third kappa shape index (κ3) is 5.31. The van der Waals surface area contributed by atoms with Crippen LogP contribution in [0.1, 0.15) is 43.9 Å². The van der Waals surface area contributed by atoms with Crippen LogP contribution in [0.3, 0.4) is 0 Å². The van der Waals surface area contributed by atoms with E-state index >= 15 is 0 Å². The van der Waals surface area contributed by atoms with Gasteiger partial charge >= 0.3 is 5.97 Å². The van der Waals surface area contributed by atoms with Crippen molar-refractivity contribution in [1.82, 2.24) is 14.8 Å². The van der Waals surface area contributed by atoms with Crippen LogP contribution in [0.2, 0.25) is 0 Å². The molecule has 0 fully saturated rings. The smallest absolute Gasteiger partial charge is 0.338 e. The molecule has 34 heavy (non-hydrogen) atoms. The maximum Gasteiger partial charge on any atom is 0.338 e. The molecule has 0 saturated heterocycles. The molecule has 178 valence electrons. The minimum atomic E-state index is -0.556. The van der Waals surface area contributed by atoms with Gasteiger partial charge in [-0.2, -0.15) is 4.98 Å². The number of anilines is 1. The fraction of sp³-hybridized carbons (Fsp3) is 0.320. The van der Waals surface area contributed by atoms with Crippen molar-refractivity contribution in [3.63, 3.8) is 0 Å². The molecule has 3 aromatic rings. The second-order valence-electron chi connectivity index (χ2n) is 7.88. The van der Waals surface area contributed by atoms with Crippen molar-refractivity contribution in [2.24, 2.45) is 0 Å². The van der Waals surface area contributed by atoms with Crippen molar-refractivity contribution in [2.45, 2.75) is 44.5 Å². The summed E-state index contributed by atoms with van der Waals surface area (Å²) in [4.78, 5) is 17.6. The summed E-state index contributed by atoms with van der Waals surface area (Å²) in [6, 6.07) is 15.2. The molecule has 1 N–H and O–H groups in total. The molecule has 0 radical (unpaired) electrons. The number of allylic oxidation sites excluding steroid dienone is 1. The van der Waals surface area contributed by atoms with Crippen LogP contribution in [0, 0.1) is 0 Å². The highest BCUT2D eigenvalue weighted by Gasteiger charge is 2.36. The lowest BCUT2D eigenvalue weighted by Gasteiger charge is -2.29. The number of rotatable bonds is 9. The molecule has 0 aliphatic carbocycles. The fourth-order valence-corrected chi connectivity index (χ4v) is 5.05. The zero-order valence-corrected chi connectivity index (χ0v) is 21.8. The predicted octanol–water partition coefficient (Wildman–Crippen LogP) is 5.97. The Labute approximate surface area is 212 Å². The van der Waals surface area contributed by atoms with Gasteiger partial charge in [0, 0.05) is 21.5 Å². The minimum Gasteiger partial charge on any atom is -0.489 e. The number of thioether (sulfide) groups is 1. The van der Waals surface area contributed by atoms with Crippen LogP contribution < -0.4 is 10.1 Å². The third-order valence-corrected chi connectivity index (χ3v) is 6.89. The largest absolute Gasteiger partial charge is 0.489 e. The number of nitrogens with zero attached hydrogens (tertiary/aromatic N) is 3. The topological polar surface area (TPSA) is 78.3 Å². The fourth-order valence-electron chi connectivity index (χ4n) is 3.76. The van der Waals surface area contributed by atoms with Gasteiger partial charge in [-0.3, -0.25) is 0 Å². The number of ether oxygens (including phenoxy) is 2. The molecule has 1 aromatic heterocycles. The number of fused-ring (bicyclic) bond motifs is 1. The second kappa shape index (κ2) is 11.1. The molecule has 1 unspecified atom stereocenters. The highest BCUT2D eigenvalue weighted by molar-refractivity contribution is 9.10. The van der Waals surface area contributed by atoms with Gasteiger partial charge in [0.15, 0.2) is 0 Å². The van der Waals surface area contributed by atoms with E-state index in [9.17, 15) is 4.79 Å². The number of aromatic nitrogens is 3. The zero-order chi connectivity index (χ0) is 24.1. The summed E-state index contributed by atoms with van der Waals surface area (Å²) in [5, 5.41) is 8.66. The Bertz CT molecular complexity index is 1200. The van der Waals surface area contributed by atoms with Crippen molar-refractivity contribution in [3.05, 3.63) is 75.4 Å². The number of benzene rings is 2. The van der Waals surface area contributed by atoms with Gasteiger partial charge in [0.2, 0.25) is 11.1 Å². The van der Waals surface area contributed by atoms with Gasteiger partial charge in [-0.15, -0.1) is 5.10 Å². The molecule has 1 aliphatic heterocycles. The summed E-state index contributed by atoms with van der Waals surface area (Å²) in [5.41, 5.74) is 2.99. The first-order valence-electron chi connectivity index (χ1n) is 11.1. The lowest BCUT2D eigenvalue weighted by Crippen LogP contribution is -2.29. The first-order chi connectivity index (χ1) is 16.5. The van der Waals surface area contributed by atoms with Gasteiger partial charge in [0.1, 0.15) is 18.4 Å². The Kier molecular flexibility index (Phi) is 7.95. The molecule has 0 saturated carbocycles. The first-order valence-corrected chi connectivity index (χ1v) is 12.9. The SMILES string of the molecule is CCCCSc1nc2n(n1)C(c1cc(Br)ccc1OCc1ccccc1)C(C(=O)OC)=C(C)N2. The van der Waals surface area contributed by atoms with Crippen LogP contribution in [0.15, 0.2) is 69.4 Å². The van der Waals surface area contributed by atoms with Gasteiger partial charge in [0.05, 0.1) is 12.7 Å². The number of methoxy groups -OCH3 is 1. The Balaban J connectivity index is 1.77. The van der Waals surface area contributed by atoms with E-state index in [1.54, 1.807) is 16.4 Å². The lowest BCUT2D eigenvalue weighted by molar-refractivity contribution is -0.136. The molecule has 2 heterocycles. The Morgan fingerprint density at radius 1 is 1.24 bits per heavy atom. The van der Waals surface area contributed by atoms with E-state index in [4.69, 9.17) is 14.6 Å². The molecule has 0 amide bonds. The van der Waals surface area contributed by atoms with Crippen molar-refractivity contribution < 1.29 is 14.3 Å². The van der Waals surface area contributed by atoms with Crippen LogP contribution in [-0.2, 0) is 16.1 Å². The molecular weight excluding hydrogens is 516 g/mol. The summed E-state index contributed by atoms with van der Waals surface area (Å²) in [6.07, 6.45) is 2.19. The summed E-state index contributed by atoms with van der Waals surface area (Å²) < 4.78 is 14.0. The number of carbonyl (C=O) groups excluding carboxylic acids is 1. The van der Waals surface area contributed by atoms with Crippen molar-refractivity contribution in [2.75, 3.05) is 18.2 Å². The van der Waals surface area contributed by atoms with E-state index in [2.05, 4.69) is 33.2 Å². The Morgan fingerprint density at radius 2 is 2.03 bits per heavy atom. The maximum atomic E-state index is 12.9. The monoisotopic (exact) mass is 542 g/mol. The summed E-state index contributed by atoms with van der Waals surface area (Å²) in [7, 11) is 1.39. The molecule has 0 spiro atoms. The molecule has 4 rings (SSSR count). The first kappa shape index (κ1) is 24.3. The van der Waals surface area contributed by atoms with Crippen molar-refractivity contribution >= 4 is 39.6 Å². The van der Waals surface area contributed by atoms with Crippen molar-refractivity contribution in [3.8, 4) is 5.75 Å². The lowest BCUT2D eigenvalue weighted by atomic mass is 9.95. The third-order valence-electron chi connectivity index (χ3n) is 5.47. The van der Waals surface area contributed by atoms with E-state index in [1.807, 2.05) is 55.5 Å². The van der Waals surface area contributed by atoms with Crippen LogP contribution in [-0.4, -0.2) is 33.6 Å². The minimum absolute atomic E-state index is 0.402. The van der Waals surface area contributed by atoms with E-state index < -0.39 is 12.0 Å². The summed E-state index contributed by atoms with van der Waals surface area (Å²) in [6.45, 7) is 4.41. The summed E-state index contributed by atoms with van der Waals surface area (Å²) >= 11 is 5.19. The van der Waals surface area contributed by atoms with E-state index in [-0.39, 0.29) is 0 Å². The van der Waals surface area contributed by atoms with E-state index in [0.717, 1.165) is 34.2 Å². The van der Waals surface area contributed by atoms with Crippen LogP contribution >= 0.6 is 27.7 Å². The average Bonchev–Trinajstić information content (AvgIpc) is 3.25. The van der Waals surface area contributed by atoms with Crippen molar-refractivity contribution in [1.29, 1.82) is 0 Å². The molecule has 0 bridgehead atoms. The number of nitrogens with one attached hydrogen (secondary N) is 1. The highest BCUT2D eigenvalue weighted by atomic mass is 79.9. The van der Waals surface area contributed by atoms with Crippen LogP contribution in [0.25, 0.3) is 0 Å². The number of unbranched alkanes of at least 4 members (excludes halogenated alkanes) is 1. The molecule has 2 aromatic carbocycles. The van der Waals surface area contributed by atoms with Gasteiger partial charge in [-0.05, 0) is 37.1 Å². The number of hydrogen-bond acceptors (Lipinski definition) is 7. The summed E-state index contributed by atoms with van der Waals surface area (Å²) in [5.74, 6) is 1.76. The van der Waals surface area contributed by atoms with Crippen LogP contribution in [0.5, 0.6) is 5.75 Å². The molecule has 1 aliphatic rings. The quantitative estimate of drug-likeness (QED) is 0.202. The predicted molar refractivity (Wildman–Crippen MR) is 137 cm³/mol. The Hall–Kier alpha value is -2.78. The highest BCUT2D eigenvalue weighted by Crippen LogP contribution is 2.41. The van der Waals surface area contributed by atoms with E-state index in [1.165, 1.54) is 7.11 Å². The Morgan fingerprint density at radius 3 is 2.76 bits per heavy atom. The second-order valence-corrected chi connectivity index (χ2v) is 9.86. The number of halogens is 1. The number of hydrogen-bond donors (Lipinski definition) is 1. The molecule has 9 heteroatoms. The normalized spacial score (nSPS) is 15.0. The molecule has 7 nitrogen and oxygen atoms in total. The van der Waals surface area contributed by atoms with E-state index in [0.29, 0.717) is 34.7 Å². The van der Waals surface area contributed by atoms with Gasteiger partial charge < -0.3 is 14.8 Å². The van der Waals surface area contributed by atoms with Gasteiger partial charge in [0.25, 0.3) is 0 Å². The van der Waals surface area contributed by atoms with Crippen LogP contribution in [0.4, 0.5) is 5.95 Å². The van der Waals surface area contributed by atoms with Gasteiger partial charge in [-0.25, -0.2) is 9.48 Å². The molecular formula is C25H27BrN4O3S.